The number of nitrogens with one attached hydrogen (secondary N) is 1. The Balaban J connectivity index is 1.62. The van der Waals surface area contributed by atoms with Gasteiger partial charge in [-0.05, 0) is 48.2 Å². The molecule has 1 fully saturated rings. The average Bonchev–Trinajstić information content (AvgIpc) is 2.99. The Morgan fingerprint density at radius 2 is 1.72 bits per heavy atom. The van der Waals surface area contributed by atoms with Crippen molar-refractivity contribution in [3.05, 3.63) is 82.7 Å². The molecule has 1 atom stereocenters. The molecule has 14 heteroatoms. The molecule has 1 saturated heterocycles. The number of halogens is 3. The van der Waals surface area contributed by atoms with E-state index in [2.05, 4.69) is 29.1 Å². The number of nitrogens with zero attached hydrogens (tertiary/aromatic N) is 4. The molecule has 10 nitrogen and oxygen atoms in total. The normalized spacial score (nSPS) is 16.3. The second kappa shape index (κ2) is 12.7. The van der Waals surface area contributed by atoms with Crippen LogP contribution in [0.5, 0.6) is 0 Å². The van der Waals surface area contributed by atoms with E-state index < -0.39 is 39.7 Å². The number of benzene rings is 2. The Kier molecular flexibility index (Phi) is 9.40. The maximum Gasteiger partial charge on any atom is 0.416 e. The van der Waals surface area contributed by atoms with Crippen LogP contribution in [0.15, 0.2) is 59.6 Å². The molecule has 0 bridgehead atoms. The zero-order chi connectivity index (χ0) is 31.5. The van der Waals surface area contributed by atoms with Crippen molar-refractivity contribution < 1.29 is 35.9 Å². The molecule has 1 aromatic heterocycles. The van der Waals surface area contributed by atoms with Crippen LogP contribution in [0.2, 0.25) is 0 Å². The molecule has 0 unspecified atom stereocenters. The van der Waals surface area contributed by atoms with Gasteiger partial charge in [-0.25, -0.2) is 23.2 Å². The van der Waals surface area contributed by atoms with Crippen molar-refractivity contribution in [3.8, 4) is 0 Å². The summed E-state index contributed by atoms with van der Waals surface area (Å²) in [6.45, 7) is 5.61. The molecule has 1 N–H and O–H groups in total. The molecule has 230 valence electrons. The number of amides is 1. The highest BCUT2D eigenvalue weighted by atomic mass is 32.2. The fraction of sp³-hybridized carbons (Fsp3) is 0.379. The monoisotopic (exact) mass is 619 g/mol. The molecular weight excluding hydrogens is 587 g/mol. The molecule has 1 amide bonds. The lowest BCUT2D eigenvalue weighted by Gasteiger charge is -2.39. The lowest BCUT2D eigenvalue weighted by atomic mass is 10.0. The summed E-state index contributed by atoms with van der Waals surface area (Å²) in [5.41, 5.74) is 1.44. The Labute approximate surface area is 247 Å². The van der Waals surface area contributed by atoms with Gasteiger partial charge in [-0.1, -0.05) is 38.1 Å². The van der Waals surface area contributed by atoms with Crippen molar-refractivity contribution in [2.75, 3.05) is 31.6 Å². The zero-order valence-electron chi connectivity index (χ0n) is 24.1. The molecule has 43 heavy (non-hydrogen) atoms. The van der Waals surface area contributed by atoms with E-state index in [1.54, 1.807) is 11.8 Å². The number of carbonyl (C=O) groups is 2. The van der Waals surface area contributed by atoms with Crippen molar-refractivity contribution >= 4 is 27.8 Å². The molecule has 1 aliphatic heterocycles. The molecule has 3 aromatic rings. The van der Waals surface area contributed by atoms with Gasteiger partial charge in [0.2, 0.25) is 21.9 Å². The molecule has 4 rings (SSSR count). The lowest BCUT2D eigenvalue weighted by molar-refractivity contribution is -0.137. The Morgan fingerprint density at radius 1 is 1.07 bits per heavy atom. The summed E-state index contributed by atoms with van der Waals surface area (Å²) in [5.74, 6) is -0.710. The van der Waals surface area contributed by atoms with Crippen LogP contribution >= 0.6 is 0 Å². The van der Waals surface area contributed by atoms with E-state index in [4.69, 9.17) is 4.74 Å². The predicted octanol–water partition coefficient (Wildman–Crippen LogP) is 3.91. The number of sulfonamides is 1. The Morgan fingerprint density at radius 3 is 2.28 bits per heavy atom. The van der Waals surface area contributed by atoms with Crippen LogP contribution in [0.25, 0.3) is 0 Å². The topological polar surface area (TPSA) is 122 Å². The first-order valence-electron chi connectivity index (χ1n) is 13.4. The first kappa shape index (κ1) is 31.9. The fourth-order valence-electron chi connectivity index (χ4n) is 4.65. The van der Waals surface area contributed by atoms with E-state index in [1.165, 1.54) is 13.3 Å². The van der Waals surface area contributed by atoms with Crippen LogP contribution in [0.4, 0.5) is 19.1 Å². The molecule has 0 aliphatic carbocycles. The van der Waals surface area contributed by atoms with Crippen molar-refractivity contribution in [1.82, 2.24) is 19.6 Å². The van der Waals surface area contributed by atoms with E-state index in [0.717, 1.165) is 27.6 Å². The highest BCUT2D eigenvalue weighted by molar-refractivity contribution is 7.89. The van der Waals surface area contributed by atoms with Crippen LogP contribution in [0.1, 0.15) is 52.5 Å². The molecule has 0 saturated carbocycles. The number of methoxy groups -OCH3 is 1. The van der Waals surface area contributed by atoms with Crippen LogP contribution in [-0.4, -0.2) is 67.4 Å². The van der Waals surface area contributed by atoms with Gasteiger partial charge in [-0.3, -0.25) is 4.79 Å². The van der Waals surface area contributed by atoms with E-state index in [0.29, 0.717) is 23.7 Å². The van der Waals surface area contributed by atoms with Gasteiger partial charge in [-0.2, -0.15) is 17.5 Å². The third-order valence-electron chi connectivity index (χ3n) is 7.19. The number of alkyl halides is 3. The van der Waals surface area contributed by atoms with Gasteiger partial charge in [0.15, 0.2) is 0 Å². The maximum atomic E-state index is 13.7. The second-order valence-electron chi connectivity index (χ2n) is 10.4. The number of anilines is 1. The number of esters is 1. The summed E-state index contributed by atoms with van der Waals surface area (Å²) in [4.78, 5) is 35.4. The Hall–Kier alpha value is -4.04. The van der Waals surface area contributed by atoms with Crippen molar-refractivity contribution in [3.63, 3.8) is 0 Å². The Bertz CT molecular complexity index is 1580. The number of rotatable bonds is 8. The summed E-state index contributed by atoms with van der Waals surface area (Å²) >= 11 is 0. The SMILES string of the molecule is COC(=O)c1cnc(N2CCN(S(=O)(=O)c3ccc(C(F)(F)F)cc3)[C@@H](C(=O)NCc3ccc(C(C)C)cc3)C2)nc1C. The highest BCUT2D eigenvalue weighted by Gasteiger charge is 2.41. The number of carbonyl (C=O) groups excluding carboxylic acids is 2. The van der Waals surface area contributed by atoms with E-state index >= 15 is 0 Å². The molecular formula is C29H32F3N5O5S. The summed E-state index contributed by atoms with van der Waals surface area (Å²) in [5, 5.41) is 2.79. The number of piperazine rings is 1. The second-order valence-corrected chi connectivity index (χ2v) is 12.3. The third-order valence-corrected chi connectivity index (χ3v) is 9.11. The smallest absolute Gasteiger partial charge is 0.416 e. The average molecular weight is 620 g/mol. The standard InChI is InChI=1S/C29H32F3N5O5S/c1-18(2)21-7-5-20(6-8-21)15-33-26(38)25-17-36(28-34-16-24(19(3)35-28)27(39)42-4)13-14-37(25)43(40,41)23-11-9-22(10-12-23)29(30,31)32/h5-12,16,18,25H,13-15,17H2,1-4H3,(H,33,38)/t25-/m1/s1. The van der Waals surface area contributed by atoms with Gasteiger partial charge < -0.3 is 15.0 Å². The number of aryl methyl sites for hydroxylation is 1. The number of hydrogen-bond donors (Lipinski definition) is 1. The fourth-order valence-corrected chi connectivity index (χ4v) is 6.22. The zero-order valence-corrected chi connectivity index (χ0v) is 24.9. The molecule has 1 aliphatic rings. The lowest BCUT2D eigenvalue weighted by Crippen LogP contribution is -2.60. The minimum Gasteiger partial charge on any atom is -0.465 e. The van der Waals surface area contributed by atoms with Gasteiger partial charge >= 0.3 is 12.1 Å². The van der Waals surface area contributed by atoms with Crippen LogP contribution in [0, 0.1) is 6.92 Å². The first-order valence-corrected chi connectivity index (χ1v) is 14.9. The van der Waals surface area contributed by atoms with Crippen LogP contribution < -0.4 is 10.2 Å². The molecule has 0 spiro atoms. The first-order chi connectivity index (χ1) is 20.2. The van der Waals surface area contributed by atoms with Crippen molar-refractivity contribution in [2.24, 2.45) is 0 Å². The molecule has 2 aromatic carbocycles. The number of hydrogen-bond acceptors (Lipinski definition) is 8. The highest BCUT2D eigenvalue weighted by Crippen LogP contribution is 2.31. The number of aromatic nitrogens is 2. The van der Waals surface area contributed by atoms with E-state index in [9.17, 15) is 31.2 Å². The van der Waals surface area contributed by atoms with Gasteiger partial charge in [0.1, 0.15) is 6.04 Å². The van der Waals surface area contributed by atoms with E-state index in [1.807, 2.05) is 24.3 Å². The molecule has 2 heterocycles. The summed E-state index contributed by atoms with van der Waals surface area (Å²) in [6, 6.07) is 9.54. The van der Waals surface area contributed by atoms with E-state index in [-0.39, 0.29) is 42.6 Å². The predicted molar refractivity (Wildman–Crippen MR) is 152 cm³/mol. The maximum absolute atomic E-state index is 13.7. The minimum absolute atomic E-state index is 0.0807. The van der Waals surface area contributed by atoms with Crippen LogP contribution in [-0.2, 0) is 32.3 Å². The largest absolute Gasteiger partial charge is 0.465 e. The van der Waals surface area contributed by atoms with Gasteiger partial charge in [-0.15, -0.1) is 0 Å². The van der Waals surface area contributed by atoms with Crippen LogP contribution in [0.3, 0.4) is 0 Å². The van der Waals surface area contributed by atoms with Gasteiger partial charge in [0.05, 0.1) is 28.8 Å². The van der Waals surface area contributed by atoms with Gasteiger partial charge in [0, 0.05) is 32.4 Å². The molecule has 0 radical (unpaired) electrons. The third kappa shape index (κ3) is 7.13. The quantitative estimate of drug-likeness (QED) is 0.377. The van der Waals surface area contributed by atoms with Gasteiger partial charge in [0.25, 0.3) is 0 Å². The number of ether oxygens (including phenoxy) is 1. The summed E-state index contributed by atoms with van der Waals surface area (Å²) < 4.78 is 72.3. The van der Waals surface area contributed by atoms with Crippen molar-refractivity contribution in [2.45, 2.75) is 50.3 Å². The summed E-state index contributed by atoms with van der Waals surface area (Å²) in [6.07, 6.45) is -3.34. The summed E-state index contributed by atoms with van der Waals surface area (Å²) in [7, 11) is -3.15. The minimum atomic E-state index is -4.63. The van der Waals surface area contributed by atoms with Crippen molar-refractivity contribution in [1.29, 1.82) is 0 Å².